The Kier molecular flexibility index (Phi) is 8.26. The molecular weight excluding hydrogens is 314 g/mol. The van der Waals surface area contributed by atoms with Gasteiger partial charge in [-0.1, -0.05) is 0 Å². The molecule has 0 aromatic heterocycles. The zero-order valence-electron chi connectivity index (χ0n) is 12.3. The highest BCUT2D eigenvalue weighted by atomic mass is 16.4. The molecule has 11 nitrogen and oxygen atoms in total. The Morgan fingerprint density at radius 2 is 1.43 bits per heavy atom. The van der Waals surface area contributed by atoms with Crippen LogP contribution in [0.25, 0.3) is 0 Å². The lowest BCUT2D eigenvalue weighted by molar-refractivity contribution is -0.147. The van der Waals surface area contributed by atoms with E-state index in [1.54, 1.807) is 0 Å². The second-order valence-electron chi connectivity index (χ2n) is 4.78. The predicted molar refractivity (Wildman–Crippen MR) is 74.3 cm³/mol. The molecule has 2 amide bonds. The molecule has 0 aromatic rings. The number of carbonyl (C=O) groups excluding carboxylic acids is 2. The first-order chi connectivity index (χ1) is 10.5. The summed E-state index contributed by atoms with van der Waals surface area (Å²) in [5.41, 5.74) is 5.32. The third-order valence-corrected chi connectivity index (χ3v) is 2.69. The Morgan fingerprint density at radius 3 is 1.83 bits per heavy atom. The van der Waals surface area contributed by atoms with Gasteiger partial charge >= 0.3 is 17.9 Å². The summed E-state index contributed by atoms with van der Waals surface area (Å²) < 4.78 is 0. The molecule has 0 spiro atoms. The summed E-state index contributed by atoms with van der Waals surface area (Å²) in [4.78, 5) is 55.6. The molecule has 0 heterocycles. The molecule has 7 N–H and O–H groups in total. The number of hydrogen-bond acceptors (Lipinski definition) is 6. The van der Waals surface area contributed by atoms with Gasteiger partial charge in [-0.15, -0.1) is 0 Å². The maximum absolute atomic E-state index is 12.0. The monoisotopic (exact) mass is 333 g/mol. The quantitative estimate of drug-likeness (QED) is 0.255. The van der Waals surface area contributed by atoms with E-state index in [2.05, 4.69) is 5.32 Å². The molecule has 0 fully saturated rings. The van der Waals surface area contributed by atoms with Crippen molar-refractivity contribution >= 4 is 29.7 Å². The largest absolute Gasteiger partial charge is 0.481 e. The van der Waals surface area contributed by atoms with Crippen LogP contribution in [0.3, 0.4) is 0 Å². The van der Waals surface area contributed by atoms with E-state index in [1.807, 2.05) is 5.32 Å². The first kappa shape index (κ1) is 20.3. The molecule has 23 heavy (non-hydrogen) atoms. The number of rotatable bonds is 10. The highest BCUT2D eigenvalue weighted by Crippen LogP contribution is 2.02. The number of carboxylic acids is 3. The molecule has 0 aliphatic carbocycles. The molecule has 0 rings (SSSR count). The van der Waals surface area contributed by atoms with Crippen molar-refractivity contribution in [3.63, 3.8) is 0 Å². The maximum atomic E-state index is 12.0. The van der Waals surface area contributed by atoms with Gasteiger partial charge in [0, 0.05) is 6.42 Å². The van der Waals surface area contributed by atoms with E-state index in [-0.39, 0.29) is 6.42 Å². The summed E-state index contributed by atoms with van der Waals surface area (Å²) in [7, 11) is 0. The summed E-state index contributed by atoms with van der Waals surface area (Å²) in [6.45, 7) is 1.34. The van der Waals surface area contributed by atoms with E-state index in [1.165, 1.54) is 6.92 Å². The van der Waals surface area contributed by atoms with Crippen LogP contribution >= 0.6 is 0 Å². The van der Waals surface area contributed by atoms with E-state index >= 15 is 0 Å². The van der Waals surface area contributed by atoms with Crippen LogP contribution in [0.15, 0.2) is 0 Å². The zero-order valence-corrected chi connectivity index (χ0v) is 12.3. The van der Waals surface area contributed by atoms with Crippen LogP contribution in [-0.2, 0) is 24.0 Å². The van der Waals surface area contributed by atoms with Crippen molar-refractivity contribution in [2.45, 2.75) is 44.3 Å². The highest BCUT2D eigenvalue weighted by Gasteiger charge is 2.28. The van der Waals surface area contributed by atoms with E-state index < -0.39 is 60.7 Å². The van der Waals surface area contributed by atoms with Gasteiger partial charge in [0.15, 0.2) is 0 Å². The summed E-state index contributed by atoms with van der Waals surface area (Å²) in [6, 6.07) is -4.02. The summed E-state index contributed by atoms with van der Waals surface area (Å²) in [5.74, 6) is -5.98. The Balaban J connectivity index is 5.00. The maximum Gasteiger partial charge on any atom is 0.326 e. The average molecular weight is 333 g/mol. The molecule has 130 valence electrons. The van der Waals surface area contributed by atoms with Crippen LogP contribution in [0.2, 0.25) is 0 Å². The fraction of sp³-hybridized carbons (Fsp3) is 0.583. The fourth-order valence-corrected chi connectivity index (χ4v) is 1.49. The lowest BCUT2D eigenvalue weighted by Crippen LogP contribution is -2.54. The zero-order chi connectivity index (χ0) is 18.2. The SMILES string of the molecule is CC(N)C(=O)NC(CCC(=O)O)C(=O)NC(CC(=O)O)C(=O)O. The van der Waals surface area contributed by atoms with E-state index in [9.17, 15) is 24.0 Å². The minimum Gasteiger partial charge on any atom is -0.481 e. The van der Waals surface area contributed by atoms with Gasteiger partial charge in [-0.2, -0.15) is 0 Å². The van der Waals surface area contributed by atoms with Crippen LogP contribution in [-0.4, -0.2) is 63.2 Å². The molecule has 0 radical (unpaired) electrons. The molecule has 3 atom stereocenters. The first-order valence-electron chi connectivity index (χ1n) is 6.57. The predicted octanol–water partition coefficient (Wildman–Crippen LogP) is -2.27. The Bertz CT molecular complexity index is 491. The van der Waals surface area contributed by atoms with Gasteiger partial charge in [0.2, 0.25) is 11.8 Å². The minimum atomic E-state index is -1.71. The summed E-state index contributed by atoms with van der Waals surface area (Å²) >= 11 is 0. The van der Waals surface area contributed by atoms with Crippen molar-refractivity contribution in [2.24, 2.45) is 5.73 Å². The van der Waals surface area contributed by atoms with Gasteiger partial charge in [0.25, 0.3) is 0 Å². The smallest absolute Gasteiger partial charge is 0.326 e. The fourth-order valence-electron chi connectivity index (χ4n) is 1.49. The van der Waals surface area contributed by atoms with Crippen molar-refractivity contribution in [3.05, 3.63) is 0 Å². The van der Waals surface area contributed by atoms with Crippen molar-refractivity contribution in [1.29, 1.82) is 0 Å². The number of nitrogens with one attached hydrogen (secondary N) is 2. The van der Waals surface area contributed by atoms with Crippen LogP contribution < -0.4 is 16.4 Å². The standard InChI is InChI=1S/C12H19N3O8/c1-5(13)10(20)14-6(2-3-8(16)17)11(21)15-7(12(22)23)4-9(18)19/h5-7H,2-4,13H2,1H3,(H,14,20)(H,15,21)(H,16,17)(H,18,19)(H,22,23). The van der Waals surface area contributed by atoms with Gasteiger partial charge in [-0.05, 0) is 13.3 Å². The molecule has 0 aliphatic heterocycles. The number of carbonyl (C=O) groups is 5. The molecule has 11 heteroatoms. The van der Waals surface area contributed by atoms with Gasteiger partial charge < -0.3 is 31.7 Å². The second kappa shape index (κ2) is 9.35. The van der Waals surface area contributed by atoms with Crippen molar-refractivity contribution < 1.29 is 39.3 Å². The molecule has 0 saturated heterocycles. The number of amides is 2. The summed E-state index contributed by atoms with van der Waals surface area (Å²) in [6.07, 6.45) is -1.64. The van der Waals surface area contributed by atoms with Gasteiger partial charge in [0.1, 0.15) is 12.1 Å². The number of aliphatic carboxylic acids is 3. The lowest BCUT2D eigenvalue weighted by Gasteiger charge is -2.21. The van der Waals surface area contributed by atoms with Crippen LogP contribution in [0.4, 0.5) is 0 Å². The first-order valence-corrected chi connectivity index (χ1v) is 6.57. The number of nitrogens with two attached hydrogens (primary N) is 1. The molecule has 0 saturated carbocycles. The second-order valence-corrected chi connectivity index (χ2v) is 4.78. The third-order valence-electron chi connectivity index (χ3n) is 2.69. The normalized spacial score (nSPS) is 14.2. The Hall–Kier alpha value is -2.69. The van der Waals surface area contributed by atoms with Crippen molar-refractivity contribution in [1.82, 2.24) is 10.6 Å². The van der Waals surface area contributed by atoms with Crippen molar-refractivity contribution in [3.8, 4) is 0 Å². The average Bonchev–Trinajstić information content (AvgIpc) is 2.41. The minimum absolute atomic E-state index is 0.307. The molecule has 0 bridgehead atoms. The Labute approximate surface area is 130 Å². The topological polar surface area (TPSA) is 196 Å². The molecule has 0 aliphatic rings. The van der Waals surface area contributed by atoms with E-state index in [0.29, 0.717) is 0 Å². The molecule has 3 unspecified atom stereocenters. The third kappa shape index (κ3) is 8.36. The van der Waals surface area contributed by atoms with E-state index in [4.69, 9.17) is 21.1 Å². The number of carboxylic acid groups (broad SMARTS) is 3. The molecule has 0 aromatic carbocycles. The van der Waals surface area contributed by atoms with Crippen LogP contribution in [0.5, 0.6) is 0 Å². The lowest BCUT2D eigenvalue weighted by atomic mass is 10.1. The van der Waals surface area contributed by atoms with Gasteiger partial charge in [0.05, 0.1) is 12.5 Å². The summed E-state index contributed by atoms with van der Waals surface area (Å²) in [5, 5.41) is 30.2. The van der Waals surface area contributed by atoms with Gasteiger partial charge in [-0.3, -0.25) is 19.2 Å². The van der Waals surface area contributed by atoms with Gasteiger partial charge in [-0.25, -0.2) is 4.79 Å². The Morgan fingerprint density at radius 1 is 0.913 bits per heavy atom. The number of hydrogen-bond donors (Lipinski definition) is 6. The van der Waals surface area contributed by atoms with Crippen LogP contribution in [0, 0.1) is 0 Å². The molecular formula is C12H19N3O8. The van der Waals surface area contributed by atoms with Crippen LogP contribution in [0.1, 0.15) is 26.2 Å². The van der Waals surface area contributed by atoms with E-state index in [0.717, 1.165) is 0 Å². The van der Waals surface area contributed by atoms with Crippen molar-refractivity contribution in [2.75, 3.05) is 0 Å². The highest BCUT2D eigenvalue weighted by molar-refractivity contribution is 5.92.